The van der Waals surface area contributed by atoms with E-state index in [1.165, 1.54) is 0 Å². The van der Waals surface area contributed by atoms with Crippen molar-refractivity contribution in [3.05, 3.63) is 57.0 Å². The van der Waals surface area contributed by atoms with E-state index in [2.05, 4.69) is 42.5 Å². The third-order valence-electron chi connectivity index (χ3n) is 2.56. The molecule has 0 spiro atoms. The van der Waals surface area contributed by atoms with Gasteiger partial charge in [-0.1, -0.05) is 22.0 Å². The largest absolute Gasteiger partial charge is 0.351 e. The third kappa shape index (κ3) is 4.30. The van der Waals surface area contributed by atoms with E-state index < -0.39 is 6.03 Å². The quantitative estimate of drug-likeness (QED) is 0.712. The maximum atomic E-state index is 12.2. The fourth-order valence-electron chi connectivity index (χ4n) is 1.69. The zero-order valence-corrected chi connectivity index (χ0v) is 13.9. The summed E-state index contributed by atoms with van der Waals surface area (Å²) in [7, 11) is 0. The van der Waals surface area contributed by atoms with Crippen LogP contribution in [0.3, 0.4) is 0 Å². The molecule has 0 heterocycles. The minimum Gasteiger partial charge on any atom is -0.351 e. The highest BCUT2D eigenvalue weighted by molar-refractivity contribution is 9.11. The highest BCUT2D eigenvalue weighted by Crippen LogP contribution is 2.23. The Morgan fingerprint density at radius 2 is 1.62 bits per heavy atom. The molecule has 2 aromatic carbocycles. The van der Waals surface area contributed by atoms with Crippen molar-refractivity contribution in [3.63, 3.8) is 0 Å². The molecule has 0 radical (unpaired) electrons. The lowest BCUT2D eigenvalue weighted by molar-refractivity contribution is 0.102. The van der Waals surface area contributed by atoms with Gasteiger partial charge in [0.1, 0.15) is 0 Å². The highest BCUT2D eigenvalue weighted by atomic mass is 79.9. The summed E-state index contributed by atoms with van der Waals surface area (Å²) < 4.78 is 1.55. The number of halogens is 2. The molecule has 0 atom stereocenters. The Labute approximate surface area is 138 Å². The summed E-state index contributed by atoms with van der Waals surface area (Å²) in [5, 5.41) is 5.20. The molecular weight excluding hydrogens is 402 g/mol. The van der Waals surface area contributed by atoms with Gasteiger partial charge >= 0.3 is 6.03 Å². The van der Waals surface area contributed by atoms with Gasteiger partial charge < -0.3 is 16.4 Å². The Morgan fingerprint density at radius 3 is 2.24 bits per heavy atom. The molecule has 0 aromatic heterocycles. The second-order valence-corrected chi connectivity index (χ2v) is 5.92. The molecule has 0 saturated heterocycles. The monoisotopic (exact) mass is 411 g/mol. The Morgan fingerprint density at radius 1 is 0.952 bits per heavy atom. The summed E-state index contributed by atoms with van der Waals surface area (Å²) in [5.74, 6) is -0.259. The Kier molecular flexibility index (Phi) is 4.98. The Balaban J connectivity index is 2.17. The number of carbonyl (C=O) groups is 2. The molecule has 21 heavy (non-hydrogen) atoms. The number of hydrogen-bond acceptors (Lipinski definition) is 2. The van der Waals surface area contributed by atoms with Crippen LogP contribution in [0.25, 0.3) is 0 Å². The molecule has 2 rings (SSSR count). The first-order valence-electron chi connectivity index (χ1n) is 5.88. The predicted molar refractivity (Wildman–Crippen MR) is 89.4 cm³/mol. The summed E-state index contributed by atoms with van der Waals surface area (Å²) in [5.41, 5.74) is 6.62. The van der Waals surface area contributed by atoms with Crippen molar-refractivity contribution in [1.29, 1.82) is 0 Å². The van der Waals surface area contributed by atoms with Gasteiger partial charge in [-0.15, -0.1) is 0 Å². The summed E-state index contributed by atoms with van der Waals surface area (Å²) in [6, 6.07) is 11.3. The van der Waals surface area contributed by atoms with Gasteiger partial charge in [0.2, 0.25) is 0 Å². The highest BCUT2D eigenvalue weighted by Gasteiger charge is 2.11. The van der Waals surface area contributed by atoms with Gasteiger partial charge in [-0.2, -0.15) is 0 Å². The number of primary amides is 1. The molecule has 5 nitrogen and oxygen atoms in total. The molecule has 108 valence electrons. The molecule has 0 bridgehead atoms. The lowest BCUT2D eigenvalue weighted by Crippen LogP contribution is -2.19. The zero-order valence-electron chi connectivity index (χ0n) is 10.7. The van der Waals surface area contributed by atoms with Gasteiger partial charge in [0.25, 0.3) is 5.91 Å². The number of urea groups is 1. The standard InChI is InChI=1S/C14H11Br2N3O2/c15-8-4-5-11(12(16)6-8)13(20)18-9-2-1-3-10(7-9)19-14(17)21/h1-7H,(H,18,20)(H3,17,19,21). The van der Waals surface area contributed by atoms with Gasteiger partial charge in [0.05, 0.1) is 5.56 Å². The lowest BCUT2D eigenvalue weighted by Gasteiger charge is -2.09. The number of nitrogens with one attached hydrogen (secondary N) is 2. The van der Waals surface area contributed by atoms with E-state index in [0.717, 1.165) is 4.47 Å². The molecule has 0 fully saturated rings. The summed E-state index contributed by atoms with van der Waals surface area (Å²) >= 11 is 6.67. The molecule has 0 aliphatic carbocycles. The number of carbonyl (C=O) groups excluding carboxylic acids is 2. The number of anilines is 2. The average molecular weight is 413 g/mol. The fraction of sp³-hybridized carbons (Fsp3) is 0. The maximum Gasteiger partial charge on any atom is 0.316 e. The number of nitrogens with two attached hydrogens (primary N) is 1. The van der Waals surface area contributed by atoms with E-state index in [9.17, 15) is 9.59 Å². The SMILES string of the molecule is NC(=O)Nc1cccc(NC(=O)c2ccc(Br)cc2Br)c1. The van der Waals surface area contributed by atoms with Crippen molar-refractivity contribution < 1.29 is 9.59 Å². The van der Waals surface area contributed by atoms with E-state index in [0.29, 0.717) is 21.4 Å². The molecule has 2 aromatic rings. The number of rotatable bonds is 3. The van der Waals surface area contributed by atoms with Gasteiger partial charge in [0.15, 0.2) is 0 Å². The fourth-order valence-corrected chi connectivity index (χ4v) is 2.92. The predicted octanol–water partition coefficient (Wildman–Crippen LogP) is 3.95. The first kappa shape index (κ1) is 15.5. The van der Waals surface area contributed by atoms with Crippen LogP contribution in [0.1, 0.15) is 10.4 Å². The van der Waals surface area contributed by atoms with Crippen molar-refractivity contribution in [2.75, 3.05) is 10.6 Å². The van der Waals surface area contributed by atoms with E-state index in [-0.39, 0.29) is 5.91 Å². The van der Waals surface area contributed by atoms with Gasteiger partial charge in [-0.3, -0.25) is 4.79 Å². The lowest BCUT2D eigenvalue weighted by atomic mass is 10.2. The Hall–Kier alpha value is -1.86. The molecule has 0 saturated carbocycles. The average Bonchev–Trinajstić information content (AvgIpc) is 2.37. The topological polar surface area (TPSA) is 84.2 Å². The number of benzene rings is 2. The second kappa shape index (κ2) is 6.73. The molecule has 7 heteroatoms. The van der Waals surface area contributed by atoms with Crippen LogP contribution >= 0.6 is 31.9 Å². The Bertz CT molecular complexity index is 704. The first-order chi connectivity index (χ1) is 9.95. The maximum absolute atomic E-state index is 12.2. The zero-order chi connectivity index (χ0) is 15.4. The van der Waals surface area contributed by atoms with Crippen LogP contribution in [0.15, 0.2) is 51.4 Å². The third-order valence-corrected chi connectivity index (χ3v) is 3.71. The van der Waals surface area contributed by atoms with Crippen molar-refractivity contribution in [2.24, 2.45) is 5.73 Å². The van der Waals surface area contributed by atoms with Gasteiger partial charge in [-0.05, 0) is 52.3 Å². The minimum absolute atomic E-state index is 0.259. The molecule has 4 N–H and O–H groups in total. The van der Waals surface area contributed by atoms with Crippen LogP contribution in [0.4, 0.5) is 16.2 Å². The molecular formula is C14H11Br2N3O2. The van der Waals surface area contributed by atoms with Crippen molar-refractivity contribution in [3.8, 4) is 0 Å². The van der Waals surface area contributed by atoms with E-state index in [1.54, 1.807) is 42.5 Å². The van der Waals surface area contributed by atoms with Crippen molar-refractivity contribution in [2.45, 2.75) is 0 Å². The van der Waals surface area contributed by atoms with E-state index >= 15 is 0 Å². The molecule has 0 unspecified atom stereocenters. The second-order valence-electron chi connectivity index (χ2n) is 4.15. The number of hydrogen-bond donors (Lipinski definition) is 3. The smallest absolute Gasteiger partial charge is 0.316 e. The van der Waals surface area contributed by atoms with Crippen LogP contribution in [0.5, 0.6) is 0 Å². The van der Waals surface area contributed by atoms with Crippen LogP contribution in [-0.2, 0) is 0 Å². The molecule has 0 aliphatic heterocycles. The van der Waals surface area contributed by atoms with Crippen LogP contribution in [0.2, 0.25) is 0 Å². The van der Waals surface area contributed by atoms with Gasteiger partial charge in [0, 0.05) is 20.3 Å². The summed E-state index contributed by atoms with van der Waals surface area (Å²) in [6.07, 6.45) is 0. The molecule has 0 aliphatic rings. The number of amides is 3. The van der Waals surface area contributed by atoms with Crippen LogP contribution in [-0.4, -0.2) is 11.9 Å². The van der Waals surface area contributed by atoms with Crippen LogP contribution in [0, 0.1) is 0 Å². The normalized spacial score (nSPS) is 10.0. The van der Waals surface area contributed by atoms with E-state index in [4.69, 9.17) is 5.73 Å². The van der Waals surface area contributed by atoms with Crippen molar-refractivity contribution >= 4 is 55.2 Å². The summed E-state index contributed by atoms with van der Waals surface area (Å²) in [4.78, 5) is 23.0. The summed E-state index contributed by atoms with van der Waals surface area (Å²) in [6.45, 7) is 0. The molecule has 3 amide bonds. The van der Waals surface area contributed by atoms with Crippen molar-refractivity contribution in [1.82, 2.24) is 0 Å². The van der Waals surface area contributed by atoms with Crippen LogP contribution < -0.4 is 16.4 Å². The van der Waals surface area contributed by atoms with Gasteiger partial charge in [-0.25, -0.2) is 4.79 Å². The minimum atomic E-state index is -0.658. The van der Waals surface area contributed by atoms with E-state index in [1.807, 2.05) is 0 Å². The first-order valence-corrected chi connectivity index (χ1v) is 7.47.